The summed E-state index contributed by atoms with van der Waals surface area (Å²) < 4.78 is 16.0. The van der Waals surface area contributed by atoms with Crippen molar-refractivity contribution < 1.29 is 32.4 Å². The summed E-state index contributed by atoms with van der Waals surface area (Å²) in [5, 5.41) is 2.00. The number of benzene rings is 2. The summed E-state index contributed by atoms with van der Waals surface area (Å²) in [6.45, 7) is 0. The first-order chi connectivity index (χ1) is 8.21. The van der Waals surface area contributed by atoms with E-state index in [1.165, 1.54) is 0 Å². The molecule has 0 unspecified atom stereocenters. The molecule has 0 spiro atoms. The monoisotopic (exact) mass is 269 g/mol. The van der Waals surface area contributed by atoms with E-state index in [2.05, 4.69) is 5.73 Å². The van der Waals surface area contributed by atoms with Crippen LogP contribution in [0.5, 0.6) is 17.2 Å². The van der Waals surface area contributed by atoms with Gasteiger partial charge in [0.25, 0.3) is 0 Å². The standard InChI is InChI=1S/C13H15NO3.ClH/c1-15-11-7-8-6-9(14)4-5-10(8)12(16-2)13(11)17-3;/h4-7H,14H2,1-3H3;1H. The summed E-state index contributed by atoms with van der Waals surface area (Å²) in [6.07, 6.45) is 0. The van der Waals surface area contributed by atoms with Crippen LogP contribution < -0.4 is 32.4 Å². The summed E-state index contributed by atoms with van der Waals surface area (Å²) in [5.74, 6) is 1.95. The Labute approximate surface area is 112 Å². The van der Waals surface area contributed by atoms with Gasteiger partial charge in [-0.1, -0.05) is 0 Å². The summed E-state index contributed by atoms with van der Waals surface area (Å²) in [7, 11) is 4.83. The molecule has 0 aliphatic heterocycles. The fraction of sp³-hybridized carbons (Fsp3) is 0.231. The average Bonchev–Trinajstić information content (AvgIpc) is 2.35. The Morgan fingerprint density at radius 3 is 2.11 bits per heavy atom. The molecule has 2 rings (SSSR count). The predicted octanol–water partition coefficient (Wildman–Crippen LogP) is -1.26. The quantitative estimate of drug-likeness (QED) is 0.757. The molecule has 0 aliphatic rings. The average molecular weight is 270 g/mol. The normalized spacial score (nSPS) is 9.78. The van der Waals surface area contributed by atoms with Gasteiger partial charge in [-0.25, -0.2) is 0 Å². The van der Waals surface area contributed by atoms with Crippen LogP contribution in [0.25, 0.3) is 10.8 Å². The summed E-state index contributed by atoms with van der Waals surface area (Å²) in [5.41, 5.74) is 4.86. The highest BCUT2D eigenvalue weighted by Crippen LogP contribution is 2.43. The van der Waals surface area contributed by atoms with Crippen molar-refractivity contribution in [3.05, 3.63) is 24.3 Å². The maximum Gasteiger partial charge on any atom is 0.203 e. The van der Waals surface area contributed by atoms with E-state index in [9.17, 15) is 0 Å². The Bertz CT molecular complexity index is 557. The second-order valence-corrected chi connectivity index (χ2v) is 3.70. The Balaban J connectivity index is 0.00000162. The highest BCUT2D eigenvalue weighted by atomic mass is 35.5. The van der Waals surface area contributed by atoms with E-state index >= 15 is 0 Å². The van der Waals surface area contributed by atoms with Crippen LogP contribution in [0.4, 0.5) is 5.69 Å². The van der Waals surface area contributed by atoms with Gasteiger partial charge in [0.05, 0.1) is 21.3 Å². The Morgan fingerprint density at radius 2 is 1.56 bits per heavy atom. The number of quaternary nitrogens is 1. The van der Waals surface area contributed by atoms with Gasteiger partial charge in [0.2, 0.25) is 5.75 Å². The number of rotatable bonds is 3. The third-order valence-electron chi connectivity index (χ3n) is 2.71. The lowest BCUT2D eigenvalue weighted by molar-refractivity contribution is -0.254. The topological polar surface area (TPSA) is 55.3 Å². The lowest BCUT2D eigenvalue weighted by Gasteiger charge is -2.14. The first-order valence-corrected chi connectivity index (χ1v) is 5.26. The molecule has 0 saturated heterocycles. The molecule has 18 heavy (non-hydrogen) atoms. The third kappa shape index (κ3) is 2.30. The second-order valence-electron chi connectivity index (χ2n) is 3.70. The Kier molecular flexibility index (Phi) is 4.64. The minimum absolute atomic E-state index is 0. The van der Waals surface area contributed by atoms with E-state index in [-0.39, 0.29) is 12.4 Å². The van der Waals surface area contributed by atoms with Gasteiger partial charge in [0.1, 0.15) is 5.69 Å². The highest BCUT2D eigenvalue weighted by molar-refractivity contribution is 5.94. The molecule has 3 N–H and O–H groups in total. The van der Waals surface area contributed by atoms with E-state index < -0.39 is 0 Å². The van der Waals surface area contributed by atoms with Crippen LogP contribution in [-0.2, 0) is 0 Å². The Hall–Kier alpha value is -1.65. The Morgan fingerprint density at radius 1 is 0.889 bits per heavy atom. The highest BCUT2D eigenvalue weighted by Gasteiger charge is 2.15. The van der Waals surface area contributed by atoms with Gasteiger partial charge >= 0.3 is 0 Å². The van der Waals surface area contributed by atoms with Gasteiger partial charge < -0.3 is 32.4 Å². The lowest BCUT2D eigenvalue weighted by atomic mass is 10.1. The predicted molar refractivity (Wildman–Crippen MR) is 66.2 cm³/mol. The fourth-order valence-corrected chi connectivity index (χ4v) is 1.93. The maximum atomic E-state index is 5.41. The molecule has 0 radical (unpaired) electrons. The van der Waals surface area contributed by atoms with E-state index in [0.717, 1.165) is 16.5 Å². The van der Waals surface area contributed by atoms with Crippen molar-refractivity contribution in [1.82, 2.24) is 0 Å². The largest absolute Gasteiger partial charge is 1.00 e. The molecule has 4 nitrogen and oxygen atoms in total. The summed E-state index contributed by atoms with van der Waals surface area (Å²) >= 11 is 0. The zero-order valence-corrected chi connectivity index (χ0v) is 11.4. The van der Waals surface area contributed by atoms with Crippen molar-refractivity contribution in [1.29, 1.82) is 0 Å². The van der Waals surface area contributed by atoms with Crippen molar-refractivity contribution in [2.45, 2.75) is 0 Å². The van der Waals surface area contributed by atoms with Crippen LogP contribution in [0.15, 0.2) is 24.3 Å². The zero-order chi connectivity index (χ0) is 12.4. The molecule has 0 amide bonds. The zero-order valence-electron chi connectivity index (χ0n) is 10.6. The molecule has 0 heterocycles. The maximum absolute atomic E-state index is 5.41. The van der Waals surface area contributed by atoms with Gasteiger partial charge in [-0.3, -0.25) is 0 Å². The van der Waals surface area contributed by atoms with Crippen molar-refractivity contribution in [3.8, 4) is 17.2 Å². The number of methoxy groups -OCH3 is 3. The SMILES string of the molecule is COc1cc2cc([NH3+])ccc2c(OC)c1OC.[Cl-]. The molecule has 0 fully saturated rings. The van der Waals surface area contributed by atoms with Crippen LogP contribution >= 0.6 is 0 Å². The molecule has 0 atom stereocenters. The van der Waals surface area contributed by atoms with Crippen LogP contribution in [0, 0.1) is 0 Å². The van der Waals surface area contributed by atoms with Crippen molar-refractivity contribution in [2.24, 2.45) is 0 Å². The number of hydrogen-bond donors (Lipinski definition) is 1. The van der Waals surface area contributed by atoms with E-state index in [4.69, 9.17) is 14.2 Å². The minimum atomic E-state index is 0. The molecule has 0 aromatic heterocycles. The molecule has 0 aliphatic carbocycles. The molecule has 5 heteroatoms. The van der Waals surface area contributed by atoms with E-state index in [1.54, 1.807) is 21.3 Å². The van der Waals surface area contributed by atoms with Gasteiger partial charge in [-0.15, -0.1) is 0 Å². The fourth-order valence-electron chi connectivity index (χ4n) is 1.93. The molecule has 2 aromatic rings. The van der Waals surface area contributed by atoms with Gasteiger partial charge in [-0.2, -0.15) is 0 Å². The number of ether oxygens (including phenoxy) is 3. The van der Waals surface area contributed by atoms with Crippen molar-refractivity contribution in [3.63, 3.8) is 0 Å². The number of fused-ring (bicyclic) bond motifs is 1. The third-order valence-corrected chi connectivity index (χ3v) is 2.71. The first-order valence-electron chi connectivity index (χ1n) is 5.26. The van der Waals surface area contributed by atoms with Crippen LogP contribution in [-0.4, -0.2) is 21.3 Å². The first kappa shape index (κ1) is 14.4. The van der Waals surface area contributed by atoms with Crippen molar-refractivity contribution in [2.75, 3.05) is 21.3 Å². The van der Waals surface area contributed by atoms with Gasteiger partial charge in [-0.05, 0) is 23.6 Å². The van der Waals surface area contributed by atoms with E-state index in [0.29, 0.717) is 17.2 Å². The van der Waals surface area contributed by atoms with Crippen LogP contribution in [0.1, 0.15) is 0 Å². The molecule has 0 bridgehead atoms. The number of hydrogen-bond acceptors (Lipinski definition) is 3. The minimum Gasteiger partial charge on any atom is -1.00 e. The molecular formula is C13H16ClNO3. The smallest absolute Gasteiger partial charge is 0.203 e. The molecular weight excluding hydrogens is 254 g/mol. The van der Waals surface area contributed by atoms with E-state index in [1.807, 2.05) is 24.3 Å². The van der Waals surface area contributed by atoms with Gasteiger partial charge in [0.15, 0.2) is 11.5 Å². The molecule has 2 aromatic carbocycles. The second kappa shape index (κ2) is 5.80. The summed E-state index contributed by atoms with van der Waals surface area (Å²) in [6, 6.07) is 7.82. The summed E-state index contributed by atoms with van der Waals surface area (Å²) in [4.78, 5) is 0. The molecule has 0 saturated carbocycles. The molecule has 98 valence electrons. The van der Waals surface area contributed by atoms with Gasteiger partial charge in [0, 0.05) is 11.5 Å². The lowest BCUT2D eigenvalue weighted by Crippen LogP contribution is -3.00. The van der Waals surface area contributed by atoms with Crippen LogP contribution in [0.2, 0.25) is 0 Å². The van der Waals surface area contributed by atoms with Crippen molar-refractivity contribution >= 4 is 16.5 Å². The number of halogens is 1. The van der Waals surface area contributed by atoms with Crippen LogP contribution in [0.3, 0.4) is 0 Å².